The Morgan fingerprint density at radius 2 is 2.06 bits per heavy atom. The second kappa shape index (κ2) is 7.70. The number of hydrogen-bond donors (Lipinski definition) is 2. The standard InChI is InChI=1S/C14H28N2O/c1-3-13(10-12-6-4-5-7-12)14(17)16-9-8-11(2)15/h11-13H,3-10,15H2,1-2H3,(H,16,17). The average Bonchev–Trinajstić information content (AvgIpc) is 2.77. The Hall–Kier alpha value is -0.570. The molecule has 0 bridgehead atoms. The van der Waals surface area contributed by atoms with Gasteiger partial charge in [0.2, 0.25) is 5.91 Å². The highest BCUT2D eigenvalue weighted by Gasteiger charge is 2.23. The van der Waals surface area contributed by atoms with Crippen LogP contribution in [0, 0.1) is 11.8 Å². The zero-order valence-corrected chi connectivity index (χ0v) is 11.4. The van der Waals surface area contributed by atoms with E-state index in [2.05, 4.69) is 12.2 Å². The number of amides is 1. The van der Waals surface area contributed by atoms with Crippen LogP contribution < -0.4 is 11.1 Å². The fourth-order valence-corrected chi connectivity index (χ4v) is 2.67. The topological polar surface area (TPSA) is 55.1 Å². The van der Waals surface area contributed by atoms with Crippen LogP contribution in [-0.4, -0.2) is 18.5 Å². The van der Waals surface area contributed by atoms with E-state index in [1.165, 1.54) is 25.7 Å². The molecule has 1 saturated carbocycles. The summed E-state index contributed by atoms with van der Waals surface area (Å²) < 4.78 is 0. The second-order valence-corrected chi connectivity index (χ2v) is 5.55. The van der Waals surface area contributed by atoms with Gasteiger partial charge in [-0.3, -0.25) is 4.79 Å². The van der Waals surface area contributed by atoms with Gasteiger partial charge >= 0.3 is 0 Å². The number of nitrogens with two attached hydrogens (primary N) is 1. The number of carbonyl (C=O) groups excluding carboxylic acids is 1. The third kappa shape index (κ3) is 5.53. The minimum absolute atomic E-state index is 0.171. The van der Waals surface area contributed by atoms with Crippen LogP contribution >= 0.6 is 0 Å². The molecule has 1 aliphatic rings. The monoisotopic (exact) mass is 240 g/mol. The molecule has 0 heterocycles. The maximum Gasteiger partial charge on any atom is 0.223 e. The Morgan fingerprint density at radius 3 is 2.59 bits per heavy atom. The van der Waals surface area contributed by atoms with Crippen molar-refractivity contribution < 1.29 is 4.79 Å². The molecule has 100 valence electrons. The van der Waals surface area contributed by atoms with Gasteiger partial charge in [-0.15, -0.1) is 0 Å². The Morgan fingerprint density at radius 1 is 1.41 bits per heavy atom. The molecule has 0 radical (unpaired) electrons. The number of hydrogen-bond acceptors (Lipinski definition) is 2. The summed E-state index contributed by atoms with van der Waals surface area (Å²) in [5.41, 5.74) is 5.67. The molecule has 0 aromatic heterocycles. The van der Waals surface area contributed by atoms with Crippen molar-refractivity contribution in [3.63, 3.8) is 0 Å². The molecule has 1 rings (SSSR count). The summed E-state index contributed by atoms with van der Waals surface area (Å²) in [5, 5.41) is 3.02. The Balaban J connectivity index is 2.25. The molecular weight excluding hydrogens is 212 g/mol. The lowest BCUT2D eigenvalue weighted by Gasteiger charge is -2.19. The van der Waals surface area contributed by atoms with E-state index < -0.39 is 0 Å². The lowest BCUT2D eigenvalue weighted by atomic mass is 9.91. The van der Waals surface area contributed by atoms with Crippen LogP contribution in [0.2, 0.25) is 0 Å². The van der Waals surface area contributed by atoms with Crippen LogP contribution in [0.15, 0.2) is 0 Å². The predicted octanol–water partition coefficient (Wildman–Crippen LogP) is 2.45. The second-order valence-electron chi connectivity index (χ2n) is 5.55. The molecule has 1 fully saturated rings. The number of rotatable bonds is 7. The zero-order valence-electron chi connectivity index (χ0n) is 11.4. The van der Waals surface area contributed by atoms with E-state index >= 15 is 0 Å². The molecule has 1 aliphatic carbocycles. The van der Waals surface area contributed by atoms with Crippen LogP contribution in [0.1, 0.15) is 58.8 Å². The van der Waals surface area contributed by atoms with E-state index in [1.807, 2.05) is 6.92 Å². The van der Waals surface area contributed by atoms with Crippen molar-refractivity contribution in [1.82, 2.24) is 5.32 Å². The minimum atomic E-state index is 0.171. The van der Waals surface area contributed by atoms with Gasteiger partial charge in [-0.25, -0.2) is 0 Å². The normalized spacial score (nSPS) is 20.2. The molecule has 3 nitrogen and oxygen atoms in total. The van der Waals surface area contributed by atoms with Crippen LogP contribution in [0.4, 0.5) is 0 Å². The molecule has 0 aromatic rings. The van der Waals surface area contributed by atoms with E-state index in [-0.39, 0.29) is 17.9 Å². The summed E-state index contributed by atoms with van der Waals surface area (Å²) in [6.45, 7) is 4.81. The average molecular weight is 240 g/mol. The highest BCUT2D eigenvalue weighted by atomic mass is 16.1. The fraction of sp³-hybridized carbons (Fsp3) is 0.929. The van der Waals surface area contributed by atoms with E-state index in [9.17, 15) is 4.79 Å². The fourth-order valence-electron chi connectivity index (χ4n) is 2.67. The third-order valence-electron chi connectivity index (χ3n) is 3.86. The molecule has 3 heteroatoms. The molecular formula is C14H28N2O. The smallest absolute Gasteiger partial charge is 0.223 e. The van der Waals surface area contributed by atoms with Gasteiger partial charge in [0.25, 0.3) is 0 Å². The molecule has 0 aromatic carbocycles. The predicted molar refractivity (Wildman–Crippen MR) is 71.6 cm³/mol. The molecule has 0 aliphatic heterocycles. The minimum Gasteiger partial charge on any atom is -0.356 e. The van der Waals surface area contributed by atoms with Crippen LogP contribution in [0.5, 0.6) is 0 Å². The van der Waals surface area contributed by atoms with Crippen LogP contribution in [-0.2, 0) is 4.79 Å². The molecule has 17 heavy (non-hydrogen) atoms. The molecule has 2 atom stereocenters. The highest BCUT2D eigenvalue weighted by molar-refractivity contribution is 5.78. The van der Waals surface area contributed by atoms with E-state index in [0.717, 1.165) is 31.7 Å². The van der Waals surface area contributed by atoms with Crippen molar-refractivity contribution in [2.24, 2.45) is 17.6 Å². The van der Waals surface area contributed by atoms with E-state index in [4.69, 9.17) is 5.73 Å². The van der Waals surface area contributed by atoms with Crippen molar-refractivity contribution in [3.8, 4) is 0 Å². The maximum atomic E-state index is 12.0. The third-order valence-corrected chi connectivity index (χ3v) is 3.86. The molecule has 0 saturated heterocycles. The number of nitrogens with one attached hydrogen (secondary N) is 1. The van der Waals surface area contributed by atoms with Crippen molar-refractivity contribution >= 4 is 5.91 Å². The zero-order chi connectivity index (χ0) is 12.7. The van der Waals surface area contributed by atoms with E-state index in [1.54, 1.807) is 0 Å². The van der Waals surface area contributed by atoms with Crippen molar-refractivity contribution in [3.05, 3.63) is 0 Å². The van der Waals surface area contributed by atoms with Gasteiger partial charge < -0.3 is 11.1 Å². The first-order valence-corrected chi connectivity index (χ1v) is 7.16. The van der Waals surface area contributed by atoms with Crippen molar-refractivity contribution in [2.45, 2.75) is 64.8 Å². The molecule has 0 spiro atoms. The molecule has 3 N–H and O–H groups in total. The largest absolute Gasteiger partial charge is 0.356 e. The number of carbonyl (C=O) groups is 1. The van der Waals surface area contributed by atoms with Gasteiger partial charge in [-0.05, 0) is 32.1 Å². The quantitative estimate of drug-likeness (QED) is 0.718. The maximum absolute atomic E-state index is 12.0. The SMILES string of the molecule is CCC(CC1CCCC1)C(=O)NCCC(C)N. The first-order chi connectivity index (χ1) is 8.13. The van der Waals surface area contributed by atoms with Gasteiger partial charge in [-0.2, -0.15) is 0 Å². The lowest BCUT2D eigenvalue weighted by Crippen LogP contribution is -2.34. The summed E-state index contributed by atoms with van der Waals surface area (Å²) >= 11 is 0. The van der Waals surface area contributed by atoms with Crippen LogP contribution in [0.3, 0.4) is 0 Å². The summed E-state index contributed by atoms with van der Waals surface area (Å²) in [7, 11) is 0. The Labute approximate surface area is 106 Å². The van der Waals surface area contributed by atoms with Gasteiger partial charge in [0.1, 0.15) is 0 Å². The molecule has 1 amide bonds. The summed E-state index contributed by atoms with van der Waals surface area (Å²) in [6.07, 6.45) is 8.26. The van der Waals surface area contributed by atoms with Gasteiger partial charge in [0.05, 0.1) is 0 Å². The van der Waals surface area contributed by atoms with E-state index in [0.29, 0.717) is 0 Å². The molecule has 2 unspecified atom stereocenters. The van der Waals surface area contributed by atoms with Gasteiger partial charge in [0, 0.05) is 18.5 Å². The summed E-state index contributed by atoms with van der Waals surface area (Å²) in [4.78, 5) is 12.0. The summed E-state index contributed by atoms with van der Waals surface area (Å²) in [5.74, 6) is 1.24. The van der Waals surface area contributed by atoms with Crippen LogP contribution in [0.25, 0.3) is 0 Å². The summed E-state index contributed by atoms with van der Waals surface area (Å²) in [6, 6.07) is 0.171. The van der Waals surface area contributed by atoms with Crippen molar-refractivity contribution in [1.29, 1.82) is 0 Å². The Bertz CT molecular complexity index is 222. The van der Waals surface area contributed by atoms with Crippen molar-refractivity contribution in [2.75, 3.05) is 6.54 Å². The Kier molecular flexibility index (Phi) is 6.56. The first kappa shape index (κ1) is 14.5. The lowest BCUT2D eigenvalue weighted by molar-refractivity contribution is -0.125. The van der Waals surface area contributed by atoms with Gasteiger partial charge in [-0.1, -0.05) is 32.6 Å². The first-order valence-electron chi connectivity index (χ1n) is 7.16. The highest BCUT2D eigenvalue weighted by Crippen LogP contribution is 2.31. The van der Waals surface area contributed by atoms with Gasteiger partial charge in [0.15, 0.2) is 0 Å².